The summed E-state index contributed by atoms with van der Waals surface area (Å²) in [6.45, 7) is 10.9. The molecule has 41 heavy (non-hydrogen) atoms. The molecule has 2 N–H and O–H groups in total. The van der Waals surface area contributed by atoms with Crippen molar-refractivity contribution in [3.63, 3.8) is 0 Å². The molecule has 0 aliphatic carbocycles. The number of hydrogen-bond acceptors (Lipinski definition) is 6. The number of rotatable bonds is 24. The summed E-state index contributed by atoms with van der Waals surface area (Å²) in [4.78, 5) is 47.3. The molecule has 8 heteroatoms. The summed E-state index contributed by atoms with van der Waals surface area (Å²) in [5.74, 6) is -1.91. The average Bonchev–Trinajstić information content (AvgIpc) is 2.83. The fourth-order valence-corrected chi connectivity index (χ4v) is 4.58. The first-order chi connectivity index (χ1) is 19.2. The van der Waals surface area contributed by atoms with E-state index in [4.69, 9.17) is 14.6 Å². The Kier molecular flexibility index (Phi) is 21.3. The third-order valence-corrected chi connectivity index (χ3v) is 6.63. The fraction of sp³-hybridized carbons (Fsp3) is 0.879. The predicted molar refractivity (Wildman–Crippen MR) is 164 cm³/mol. The molecule has 0 radical (unpaired) electrons. The van der Waals surface area contributed by atoms with Crippen LogP contribution in [0.3, 0.4) is 0 Å². The van der Waals surface area contributed by atoms with Gasteiger partial charge >= 0.3 is 17.9 Å². The Balaban J connectivity index is 3.64. The van der Waals surface area contributed by atoms with Crippen molar-refractivity contribution < 1.29 is 33.8 Å². The third-order valence-electron chi connectivity index (χ3n) is 6.63. The highest BCUT2D eigenvalue weighted by Crippen LogP contribution is 2.16. The van der Waals surface area contributed by atoms with Crippen LogP contribution in [-0.2, 0) is 28.7 Å². The van der Waals surface area contributed by atoms with Crippen LogP contribution in [-0.4, -0.2) is 46.2 Å². The van der Waals surface area contributed by atoms with E-state index in [1.165, 1.54) is 70.6 Å². The van der Waals surface area contributed by atoms with E-state index in [0.29, 0.717) is 12.8 Å². The molecule has 0 aliphatic rings. The molecule has 0 saturated heterocycles. The maximum absolute atomic E-state index is 12.3. The Morgan fingerprint density at radius 1 is 0.561 bits per heavy atom. The highest BCUT2D eigenvalue weighted by molar-refractivity contribution is 5.85. The molecule has 8 nitrogen and oxygen atoms in total. The van der Waals surface area contributed by atoms with Gasteiger partial charge in [0.15, 0.2) is 0 Å². The molecule has 0 aromatic carbocycles. The number of carboxylic acids is 1. The first-order valence-electron chi connectivity index (χ1n) is 16.2. The van der Waals surface area contributed by atoms with Crippen LogP contribution in [0.25, 0.3) is 0 Å². The average molecular weight is 584 g/mol. The molecule has 240 valence electrons. The van der Waals surface area contributed by atoms with Gasteiger partial charge in [-0.25, -0.2) is 4.79 Å². The minimum atomic E-state index is -1.01. The third kappa shape index (κ3) is 27.8. The Hall–Kier alpha value is -2.12. The Bertz CT molecular complexity index is 737. The lowest BCUT2D eigenvalue weighted by Crippen LogP contribution is -2.44. The summed E-state index contributed by atoms with van der Waals surface area (Å²) in [5.41, 5.74) is -1.08. The van der Waals surface area contributed by atoms with Gasteiger partial charge in [0, 0.05) is 19.3 Å². The van der Waals surface area contributed by atoms with Gasteiger partial charge in [-0.2, -0.15) is 0 Å². The van der Waals surface area contributed by atoms with Crippen LogP contribution in [0.1, 0.15) is 170 Å². The van der Waals surface area contributed by atoms with Crippen molar-refractivity contribution in [1.29, 1.82) is 0 Å². The molecular formula is C33H61NO7. The summed E-state index contributed by atoms with van der Waals surface area (Å²) >= 11 is 0. The van der Waals surface area contributed by atoms with Gasteiger partial charge in [-0.15, -0.1) is 0 Å². The van der Waals surface area contributed by atoms with Gasteiger partial charge in [-0.1, -0.05) is 89.9 Å². The summed E-state index contributed by atoms with van der Waals surface area (Å²) < 4.78 is 10.7. The highest BCUT2D eigenvalue weighted by Gasteiger charge is 2.27. The van der Waals surface area contributed by atoms with E-state index >= 15 is 0 Å². The quantitative estimate of drug-likeness (QED) is 0.0871. The van der Waals surface area contributed by atoms with Crippen molar-refractivity contribution >= 4 is 23.8 Å². The number of carboxylic acid groups (broad SMARTS) is 1. The number of nitrogens with one attached hydrogen (secondary N) is 1. The molecule has 0 aromatic rings. The van der Waals surface area contributed by atoms with Gasteiger partial charge in [0.2, 0.25) is 5.91 Å². The number of carbonyl (C=O) groups is 4. The normalized spacial score (nSPS) is 12.5. The zero-order valence-electron chi connectivity index (χ0n) is 27.1. The van der Waals surface area contributed by atoms with Crippen molar-refractivity contribution in [2.45, 2.75) is 187 Å². The standard InChI is InChI=1S/C33H61NO7/c1-32(2,3)40-30(38)24-22-20-18-16-14-12-10-8-7-9-11-13-15-17-19-21-23-28(35)34-27(25-26-29(36)37)31(39)41-33(4,5)6/h27H,7-26H2,1-6H3,(H,34,35)(H,36,37)/t27-/m1/s1. The van der Waals surface area contributed by atoms with Crippen LogP contribution >= 0.6 is 0 Å². The van der Waals surface area contributed by atoms with Crippen LogP contribution < -0.4 is 5.32 Å². The molecule has 0 spiro atoms. The monoisotopic (exact) mass is 583 g/mol. The molecule has 0 heterocycles. The summed E-state index contributed by atoms with van der Waals surface area (Å²) in [7, 11) is 0. The molecule has 0 aliphatic heterocycles. The Morgan fingerprint density at radius 3 is 1.29 bits per heavy atom. The lowest BCUT2D eigenvalue weighted by molar-refractivity contribution is -0.159. The fourth-order valence-electron chi connectivity index (χ4n) is 4.58. The number of esters is 2. The SMILES string of the molecule is CC(C)(C)OC(=O)CCCCCCCCCCCCCCCCCCC(=O)N[C@H](CCC(=O)O)C(=O)OC(C)(C)C. The number of aliphatic carboxylic acids is 1. The zero-order valence-corrected chi connectivity index (χ0v) is 27.1. The topological polar surface area (TPSA) is 119 Å². The van der Waals surface area contributed by atoms with E-state index in [1.54, 1.807) is 20.8 Å². The van der Waals surface area contributed by atoms with Crippen molar-refractivity contribution in [2.24, 2.45) is 0 Å². The second-order valence-electron chi connectivity index (χ2n) is 13.3. The van der Waals surface area contributed by atoms with Crippen LogP contribution in [0, 0.1) is 0 Å². The lowest BCUT2D eigenvalue weighted by atomic mass is 10.0. The molecule has 0 fully saturated rings. The number of unbranched alkanes of at least 4 members (excludes halogenated alkanes) is 15. The van der Waals surface area contributed by atoms with E-state index in [-0.39, 0.29) is 30.3 Å². The second-order valence-corrected chi connectivity index (χ2v) is 13.3. The van der Waals surface area contributed by atoms with Gasteiger partial charge < -0.3 is 19.9 Å². The van der Waals surface area contributed by atoms with Crippen LogP contribution in [0.15, 0.2) is 0 Å². The van der Waals surface area contributed by atoms with E-state index in [1.807, 2.05) is 20.8 Å². The Morgan fingerprint density at radius 2 is 0.927 bits per heavy atom. The molecule has 1 amide bonds. The first-order valence-corrected chi connectivity index (χ1v) is 16.2. The molecule has 0 aromatic heterocycles. The lowest BCUT2D eigenvalue weighted by Gasteiger charge is -2.24. The molecule has 1 atom stereocenters. The first kappa shape index (κ1) is 38.9. The molecule has 0 bridgehead atoms. The van der Waals surface area contributed by atoms with Crippen molar-refractivity contribution in [1.82, 2.24) is 5.32 Å². The van der Waals surface area contributed by atoms with Gasteiger partial charge in [0.25, 0.3) is 0 Å². The van der Waals surface area contributed by atoms with Gasteiger partial charge in [0.05, 0.1) is 0 Å². The number of carbonyl (C=O) groups excluding carboxylic acids is 3. The van der Waals surface area contributed by atoms with E-state index in [0.717, 1.165) is 32.1 Å². The van der Waals surface area contributed by atoms with Crippen LogP contribution in [0.4, 0.5) is 0 Å². The summed E-state index contributed by atoms with van der Waals surface area (Å²) in [6.07, 6.45) is 19.5. The van der Waals surface area contributed by atoms with E-state index in [9.17, 15) is 19.2 Å². The van der Waals surface area contributed by atoms with E-state index < -0.39 is 23.6 Å². The number of amides is 1. The van der Waals surface area contributed by atoms with Gasteiger partial charge in [-0.3, -0.25) is 14.4 Å². The van der Waals surface area contributed by atoms with E-state index in [2.05, 4.69) is 5.32 Å². The summed E-state index contributed by atoms with van der Waals surface area (Å²) in [5, 5.41) is 11.6. The second kappa shape index (κ2) is 22.5. The minimum Gasteiger partial charge on any atom is -0.481 e. The van der Waals surface area contributed by atoms with Crippen molar-refractivity contribution in [3.8, 4) is 0 Å². The maximum Gasteiger partial charge on any atom is 0.329 e. The Labute approximate surface area is 250 Å². The number of ether oxygens (including phenoxy) is 2. The van der Waals surface area contributed by atoms with Crippen LogP contribution in [0.2, 0.25) is 0 Å². The van der Waals surface area contributed by atoms with Crippen molar-refractivity contribution in [2.75, 3.05) is 0 Å². The molecular weight excluding hydrogens is 522 g/mol. The predicted octanol–water partition coefficient (Wildman–Crippen LogP) is 8.04. The largest absolute Gasteiger partial charge is 0.481 e. The zero-order chi connectivity index (χ0) is 31.2. The highest BCUT2D eigenvalue weighted by atomic mass is 16.6. The minimum absolute atomic E-state index is 0.0225. The molecule has 0 saturated carbocycles. The van der Waals surface area contributed by atoms with Gasteiger partial charge in [0.1, 0.15) is 17.2 Å². The smallest absolute Gasteiger partial charge is 0.329 e. The van der Waals surface area contributed by atoms with Gasteiger partial charge in [-0.05, 0) is 60.8 Å². The summed E-state index contributed by atoms with van der Waals surface area (Å²) in [6, 6.07) is -0.930. The van der Waals surface area contributed by atoms with Crippen LogP contribution in [0.5, 0.6) is 0 Å². The van der Waals surface area contributed by atoms with Crippen molar-refractivity contribution in [3.05, 3.63) is 0 Å². The maximum atomic E-state index is 12.3. The number of hydrogen-bond donors (Lipinski definition) is 2. The molecule has 0 unspecified atom stereocenters. The molecule has 0 rings (SSSR count).